The zero-order chi connectivity index (χ0) is 10.9. The van der Waals surface area contributed by atoms with Gasteiger partial charge in [-0.25, -0.2) is 14.4 Å². The van der Waals surface area contributed by atoms with Crippen LogP contribution in [0.3, 0.4) is 0 Å². The summed E-state index contributed by atoms with van der Waals surface area (Å²) < 4.78 is 18.1. The van der Waals surface area contributed by atoms with E-state index in [0.29, 0.717) is 0 Å². The molecule has 0 aromatic carbocycles. The van der Waals surface area contributed by atoms with Crippen LogP contribution in [0.25, 0.3) is 0 Å². The van der Waals surface area contributed by atoms with Crippen LogP contribution >= 0.6 is 23.2 Å². The van der Waals surface area contributed by atoms with Gasteiger partial charge in [-0.15, -0.1) is 0 Å². The molecule has 1 rings (SSSR count). The number of methoxy groups -OCH3 is 1. The summed E-state index contributed by atoms with van der Waals surface area (Å²) in [5, 5.41) is -0.602. The third-order valence-electron chi connectivity index (χ3n) is 1.82. The van der Waals surface area contributed by atoms with Gasteiger partial charge in [0.15, 0.2) is 21.9 Å². The standard InChI is InChI=1S/C8H9Cl2FN2O/c1-8(2,14-3)7-12-5(9)4(11)6(10)13-7/h1-3H3. The highest BCUT2D eigenvalue weighted by molar-refractivity contribution is 6.33. The van der Waals surface area contributed by atoms with Gasteiger partial charge in [-0.2, -0.15) is 0 Å². The van der Waals surface area contributed by atoms with E-state index in [-0.39, 0.29) is 16.1 Å². The average Bonchev–Trinajstić information content (AvgIpc) is 2.13. The van der Waals surface area contributed by atoms with Crippen LogP contribution < -0.4 is 0 Å². The Morgan fingerprint density at radius 3 is 2.00 bits per heavy atom. The monoisotopic (exact) mass is 238 g/mol. The molecule has 0 saturated carbocycles. The molecule has 0 aliphatic heterocycles. The number of aromatic nitrogens is 2. The Morgan fingerprint density at radius 1 is 1.21 bits per heavy atom. The van der Waals surface area contributed by atoms with Crippen molar-refractivity contribution in [3.8, 4) is 0 Å². The fourth-order valence-electron chi connectivity index (χ4n) is 0.755. The van der Waals surface area contributed by atoms with Gasteiger partial charge in [0.25, 0.3) is 0 Å². The van der Waals surface area contributed by atoms with Gasteiger partial charge >= 0.3 is 0 Å². The molecule has 1 aromatic heterocycles. The molecule has 0 atom stereocenters. The van der Waals surface area contributed by atoms with Crippen molar-refractivity contribution >= 4 is 23.2 Å². The fourth-order valence-corrected chi connectivity index (χ4v) is 1.14. The number of rotatable bonds is 2. The maximum Gasteiger partial charge on any atom is 0.197 e. The minimum Gasteiger partial charge on any atom is -0.371 e. The molecule has 0 unspecified atom stereocenters. The van der Waals surface area contributed by atoms with E-state index >= 15 is 0 Å². The quantitative estimate of drug-likeness (QED) is 0.744. The van der Waals surface area contributed by atoms with Gasteiger partial charge in [0.05, 0.1) is 0 Å². The van der Waals surface area contributed by atoms with E-state index in [0.717, 1.165) is 0 Å². The molecule has 1 aromatic rings. The van der Waals surface area contributed by atoms with Crippen LogP contribution in [0.4, 0.5) is 4.39 Å². The van der Waals surface area contributed by atoms with E-state index in [1.165, 1.54) is 7.11 Å². The highest BCUT2D eigenvalue weighted by Gasteiger charge is 2.25. The maximum absolute atomic E-state index is 13.0. The van der Waals surface area contributed by atoms with Gasteiger partial charge < -0.3 is 4.74 Å². The van der Waals surface area contributed by atoms with Crippen LogP contribution in [0.1, 0.15) is 19.7 Å². The second-order valence-corrected chi connectivity index (χ2v) is 3.87. The lowest BCUT2D eigenvalue weighted by Crippen LogP contribution is -2.23. The average molecular weight is 239 g/mol. The Labute approximate surface area is 91.2 Å². The molecule has 0 N–H and O–H groups in total. The molecular formula is C8H9Cl2FN2O. The van der Waals surface area contributed by atoms with Gasteiger partial charge in [-0.05, 0) is 13.8 Å². The molecule has 0 spiro atoms. The third-order valence-corrected chi connectivity index (χ3v) is 2.32. The molecule has 3 nitrogen and oxygen atoms in total. The smallest absolute Gasteiger partial charge is 0.197 e. The molecule has 6 heteroatoms. The SMILES string of the molecule is COC(C)(C)c1nc(Cl)c(F)c(Cl)n1. The number of ether oxygens (including phenoxy) is 1. The van der Waals surface area contributed by atoms with Crippen molar-refractivity contribution in [2.24, 2.45) is 0 Å². The first kappa shape index (κ1) is 11.6. The van der Waals surface area contributed by atoms with E-state index in [4.69, 9.17) is 27.9 Å². The van der Waals surface area contributed by atoms with Crippen molar-refractivity contribution in [2.75, 3.05) is 7.11 Å². The van der Waals surface area contributed by atoms with Crippen molar-refractivity contribution in [2.45, 2.75) is 19.4 Å². The van der Waals surface area contributed by atoms with Gasteiger partial charge in [0.1, 0.15) is 5.60 Å². The predicted molar refractivity (Wildman–Crippen MR) is 52.0 cm³/mol. The minimum absolute atomic E-state index is 0.247. The molecular weight excluding hydrogens is 230 g/mol. The Hall–Kier alpha value is -0.450. The predicted octanol–water partition coefficient (Wildman–Crippen LogP) is 2.80. The van der Waals surface area contributed by atoms with Crippen LogP contribution in [-0.2, 0) is 10.3 Å². The summed E-state index contributed by atoms with van der Waals surface area (Å²) in [6.07, 6.45) is 0. The summed E-state index contributed by atoms with van der Waals surface area (Å²) in [5.74, 6) is -0.569. The Balaban J connectivity index is 3.26. The summed E-state index contributed by atoms with van der Waals surface area (Å²) in [5.41, 5.74) is -0.749. The van der Waals surface area contributed by atoms with Crippen LogP contribution in [0, 0.1) is 5.82 Å². The van der Waals surface area contributed by atoms with Crippen LogP contribution in [-0.4, -0.2) is 17.1 Å². The van der Waals surface area contributed by atoms with Crippen LogP contribution in [0.2, 0.25) is 10.3 Å². The first-order chi connectivity index (χ1) is 6.38. The van der Waals surface area contributed by atoms with E-state index in [2.05, 4.69) is 9.97 Å². The summed E-state index contributed by atoms with van der Waals surface area (Å²) in [7, 11) is 1.49. The third kappa shape index (κ3) is 2.13. The maximum atomic E-state index is 13.0. The molecule has 0 radical (unpaired) electrons. The van der Waals surface area contributed by atoms with E-state index in [1.807, 2.05) is 0 Å². The molecule has 0 aliphatic carbocycles. The zero-order valence-electron chi connectivity index (χ0n) is 7.94. The molecule has 0 amide bonds. The highest BCUT2D eigenvalue weighted by atomic mass is 35.5. The molecule has 1 heterocycles. The Kier molecular flexibility index (Phi) is 3.29. The lowest BCUT2D eigenvalue weighted by Gasteiger charge is -2.21. The number of hydrogen-bond donors (Lipinski definition) is 0. The van der Waals surface area contributed by atoms with Crippen molar-refractivity contribution < 1.29 is 9.13 Å². The normalized spacial score (nSPS) is 11.9. The first-order valence-electron chi connectivity index (χ1n) is 3.82. The second kappa shape index (κ2) is 3.96. The fraction of sp³-hybridized carbons (Fsp3) is 0.500. The highest BCUT2D eigenvalue weighted by Crippen LogP contribution is 2.25. The minimum atomic E-state index is -0.816. The number of nitrogens with zero attached hydrogens (tertiary/aromatic N) is 2. The molecule has 0 saturated heterocycles. The summed E-state index contributed by atoms with van der Waals surface area (Å²) in [4.78, 5) is 7.49. The van der Waals surface area contributed by atoms with E-state index < -0.39 is 11.4 Å². The van der Waals surface area contributed by atoms with Gasteiger partial charge in [0, 0.05) is 7.11 Å². The van der Waals surface area contributed by atoms with Crippen molar-refractivity contribution in [1.82, 2.24) is 9.97 Å². The van der Waals surface area contributed by atoms with Gasteiger partial charge in [-0.1, -0.05) is 23.2 Å². The Bertz CT molecular complexity index is 334. The molecule has 0 bridgehead atoms. The van der Waals surface area contributed by atoms with Crippen LogP contribution in [0.5, 0.6) is 0 Å². The summed E-state index contributed by atoms with van der Waals surface area (Å²) in [6.45, 7) is 3.46. The molecule has 14 heavy (non-hydrogen) atoms. The first-order valence-corrected chi connectivity index (χ1v) is 4.58. The second-order valence-electron chi connectivity index (χ2n) is 3.16. The molecule has 0 fully saturated rings. The zero-order valence-corrected chi connectivity index (χ0v) is 9.45. The molecule has 78 valence electrons. The summed E-state index contributed by atoms with van der Waals surface area (Å²) >= 11 is 11.0. The summed E-state index contributed by atoms with van der Waals surface area (Å²) in [6, 6.07) is 0. The molecule has 0 aliphatic rings. The number of hydrogen-bond acceptors (Lipinski definition) is 3. The van der Waals surface area contributed by atoms with Gasteiger partial charge in [-0.3, -0.25) is 0 Å². The van der Waals surface area contributed by atoms with Crippen molar-refractivity contribution in [1.29, 1.82) is 0 Å². The largest absolute Gasteiger partial charge is 0.371 e. The lowest BCUT2D eigenvalue weighted by atomic mass is 10.1. The van der Waals surface area contributed by atoms with Crippen molar-refractivity contribution in [3.05, 3.63) is 21.9 Å². The van der Waals surface area contributed by atoms with E-state index in [9.17, 15) is 4.39 Å². The topological polar surface area (TPSA) is 35.0 Å². The lowest BCUT2D eigenvalue weighted by molar-refractivity contribution is 0.0113. The van der Waals surface area contributed by atoms with Crippen molar-refractivity contribution in [3.63, 3.8) is 0 Å². The number of halogens is 3. The Morgan fingerprint density at radius 2 is 1.64 bits per heavy atom. The van der Waals surface area contributed by atoms with Crippen LogP contribution in [0.15, 0.2) is 0 Å². The van der Waals surface area contributed by atoms with Gasteiger partial charge in [0.2, 0.25) is 0 Å². The van der Waals surface area contributed by atoms with E-state index in [1.54, 1.807) is 13.8 Å².